The van der Waals surface area contributed by atoms with Crippen molar-refractivity contribution in [3.05, 3.63) is 33.1 Å². The molecule has 0 aliphatic carbocycles. The highest BCUT2D eigenvalue weighted by Gasteiger charge is 2.63. The quantitative estimate of drug-likeness (QED) is 0.0827. The molecule has 1 aromatic heterocycles. The predicted molar refractivity (Wildman–Crippen MR) is 152 cm³/mol. The zero-order chi connectivity index (χ0) is 36.0. The minimum atomic E-state index is -5.06. The van der Waals surface area contributed by atoms with E-state index in [1.54, 1.807) is 0 Å². The first-order valence-corrected chi connectivity index (χ1v) is 15.3. The van der Waals surface area contributed by atoms with Crippen LogP contribution in [0.2, 0.25) is 0 Å². The Bertz CT molecular complexity index is 1270. The molecular weight excluding hydrogens is 682 g/mol. The van der Waals surface area contributed by atoms with Gasteiger partial charge in [0, 0.05) is 40.7 Å². The summed E-state index contributed by atoms with van der Waals surface area (Å²) in [7, 11) is 0.311. The molecule has 1 aliphatic heterocycles. The number of aromatic amines is 1. The van der Waals surface area contributed by atoms with Crippen molar-refractivity contribution in [3.8, 4) is 0 Å². The molecule has 21 nitrogen and oxygen atoms in total. The summed E-state index contributed by atoms with van der Waals surface area (Å²) in [5.74, 6) is 0. The number of carbonyl (C=O) groups is 2. The second kappa shape index (κ2) is 19.2. The first-order valence-electron chi connectivity index (χ1n) is 13.8. The van der Waals surface area contributed by atoms with Gasteiger partial charge in [0.1, 0.15) is 18.4 Å². The molecule has 1 aromatic rings. The lowest BCUT2D eigenvalue weighted by Gasteiger charge is -2.31. The monoisotopic (exact) mass is 722 g/mol. The van der Waals surface area contributed by atoms with Crippen LogP contribution in [0.4, 0.5) is 14.0 Å². The number of phosphoric acid groups is 1. The van der Waals surface area contributed by atoms with Crippen molar-refractivity contribution in [2.45, 2.75) is 42.7 Å². The van der Waals surface area contributed by atoms with Crippen LogP contribution in [0.1, 0.15) is 13.2 Å². The minimum Gasteiger partial charge on any atom is -0.426 e. The van der Waals surface area contributed by atoms with Crippen LogP contribution in [0.5, 0.6) is 0 Å². The van der Waals surface area contributed by atoms with E-state index in [9.17, 15) is 38.3 Å². The first-order chi connectivity index (χ1) is 22.7. The topological polar surface area (TPSA) is 257 Å². The number of nitrogens with one attached hydrogen (secondary N) is 1. The van der Waals surface area contributed by atoms with E-state index >= 15 is 0 Å². The van der Waals surface area contributed by atoms with Crippen LogP contribution in [0.25, 0.3) is 0 Å². The molecule has 3 N–H and O–H groups in total. The van der Waals surface area contributed by atoms with Gasteiger partial charge in [0.2, 0.25) is 13.6 Å². The van der Waals surface area contributed by atoms with Gasteiger partial charge in [0.15, 0.2) is 24.0 Å². The highest BCUT2D eigenvalue weighted by atomic mass is 31.2. The van der Waals surface area contributed by atoms with E-state index in [2.05, 4.69) is 0 Å². The number of H-pyrrole nitrogens is 1. The summed E-state index contributed by atoms with van der Waals surface area (Å²) >= 11 is 0. The van der Waals surface area contributed by atoms with E-state index in [1.165, 1.54) is 28.4 Å². The Morgan fingerprint density at radius 2 is 1.44 bits per heavy atom. The molecule has 0 radical (unpaired) electrons. The summed E-state index contributed by atoms with van der Waals surface area (Å²) in [6.07, 6.45) is -7.49. The third-order valence-electron chi connectivity index (χ3n) is 6.41. The van der Waals surface area contributed by atoms with Crippen LogP contribution >= 0.6 is 7.82 Å². The second-order valence-electron chi connectivity index (χ2n) is 10.1. The van der Waals surface area contributed by atoms with Gasteiger partial charge in [-0.2, -0.15) is 0 Å². The molecule has 0 bridgehead atoms. The number of rotatable bonds is 21. The molecule has 4 atom stereocenters. The molecule has 2 heterocycles. The largest absolute Gasteiger partial charge is 0.510 e. The maximum absolute atomic E-state index is 14.6. The third kappa shape index (κ3) is 11.6. The van der Waals surface area contributed by atoms with E-state index in [0.717, 1.165) is 19.2 Å². The zero-order valence-electron chi connectivity index (χ0n) is 26.7. The Morgan fingerprint density at radius 1 is 0.958 bits per heavy atom. The molecule has 0 spiro atoms. The fraction of sp³-hybridized carbons (Fsp3) is 0.760. The van der Waals surface area contributed by atoms with Crippen molar-refractivity contribution in [2.24, 2.45) is 0 Å². The van der Waals surface area contributed by atoms with Gasteiger partial charge in [-0.1, -0.05) is 0 Å². The maximum atomic E-state index is 14.6. The first kappa shape index (κ1) is 41.2. The molecule has 276 valence electrons. The molecule has 1 unspecified atom stereocenters. The number of alkyl halides is 1. The van der Waals surface area contributed by atoms with Gasteiger partial charge < -0.3 is 52.8 Å². The van der Waals surface area contributed by atoms with E-state index < -0.39 is 94.0 Å². The standard InChI is InChI=1S/C25H40FN2O19P/c1-24(34)19(30)25(12-26,47-20(24)28-7-6-18(29)27-21(28)31)13-42-48(35,43-14-40-22(32)45-16(8-36-2)9-37-3)44-15-41-23(33)46-17(10-38-4)11-39-5/h6-7,16-17,19-20,30,34H,8-15H2,1-5H3,(H,27,29,31)/t19-,20?,24+,25+/m0/s1. The summed E-state index contributed by atoms with van der Waals surface area (Å²) in [5.41, 5.74) is -6.79. The number of methoxy groups -OCH3 is 4. The van der Waals surface area contributed by atoms with E-state index in [4.69, 9.17) is 56.2 Å². The number of aromatic nitrogens is 2. The molecule has 1 saturated heterocycles. The van der Waals surface area contributed by atoms with Crippen LogP contribution in [0.15, 0.2) is 21.9 Å². The lowest BCUT2D eigenvalue weighted by Crippen LogP contribution is -2.53. The smallest absolute Gasteiger partial charge is 0.426 e. The number of ether oxygens (including phenoxy) is 9. The van der Waals surface area contributed by atoms with Crippen molar-refractivity contribution in [2.75, 3.05) is 81.7 Å². The number of nitrogens with zero attached hydrogens (tertiary/aromatic N) is 1. The van der Waals surface area contributed by atoms with Crippen LogP contribution in [0.3, 0.4) is 0 Å². The van der Waals surface area contributed by atoms with Gasteiger partial charge in [0.05, 0.1) is 33.0 Å². The van der Waals surface area contributed by atoms with Crippen molar-refractivity contribution in [1.82, 2.24) is 9.55 Å². The fourth-order valence-electron chi connectivity index (χ4n) is 4.17. The number of hydrogen-bond acceptors (Lipinski definition) is 19. The SMILES string of the molecule is COCC(COC)OC(=O)OCOP(=O)(OCOC(=O)OC(COC)COC)OC[C@@]1(CF)OC(n2ccc(=O)[nH]c2=O)[C@](C)(O)[C@@H]1O. The van der Waals surface area contributed by atoms with E-state index in [0.29, 0.717) is 4.57 Å². The Morgan fingerprint density at radius 3 is 1.85 bits per heavy atom. The summed E-state index contributed by atoms with van der Waals surface area (Å²) in [5, 5.41) is 21.9. The van der Waals surface area contributed by atoms with Crippen molar-refractivity contribution in [3.63, 3.8) is 0 Å². The van der Waals surface area contributed by atoms with Crippen molar-refractivity contribution < 1.29 is 85.0 Å². The van der Waals surface area contributed by atoms with Gasteiger partial charge in [-0.25, -0.2) is 32.4 Å². The summed E-state index contributed by atoms with van der Waals surface area (Å²) in [4.78, 5) is 50.0. The molecule has 48 heavy (non-hydrogen) atoms. The number of aliphatic hydroxyl groups is 2. The Labute approximate surface area is 272 Å². The average molecular weight is 723 g/mol. The van der Waals surface area contributed by atoms with Crippen LogP contribution in [-0.2, 0) is 60.8 Å². The summed E-state index contributed by atoms with van der Waals surface area (Å²) in [6, 6.07) is 0.907. The molecular formula is C25H40FN2O19P. The zero-order valence-corrected chi connectivity index (χ0v) is 27.6. The number of carbonyl (C=O) groups excluding carboxylic acids is 2. The number of aliphatic hydroxyl groups excluding tert-OH is 1. The van der Waals surface area contributed by atoms with Crippen molar-refractivity contribution >= 4 is 20.1 Å². The lowest BCUT2D eigenvalue weighted by atomic mass is 9.88. The molecule has 0 saturated carbocycles. The average Bonchev–Trinajstić information content (AvgIpc) is 3.21. The summed E-state index contributed by atoms with van der Waals surface area (Å²) < 4.78 is 88.4. The normalized spacial score (nSPS) is 22.6. The summed E-state index contributed by atoms with van der Waals surface area (Å²) in [6.45, 7) is -4.42. The minimum absolute atomic E-state index is 0.0683. The third-order valence-corrected chi connectivity index (χ3v) is 7.70. The molecule has 0 amide bonds. The molecule has 23 heteroatoms. The Hall–Kier alpha value is -3.02. The molecule has 1 fully saturated rings. The maximum Gasteiger partial charge on any atom is 0.510 e. The fourth-order valence-corrected chi connectivity index (χ4v) is 5.14. The second-order valence-corrected chi connectivity index (χ2v) is 11.8. The number of hydrogen-bond donors (Lipinski definition) is 3. The van der Waals surface area contributed by atoms with Gasteiger partial charge in [-0.15, -0.1) is 0 Å². The molecule has 0 aromatic carbocycles. The van der Waals surface area contributed by atoms with Gasteiger partial charge in [-0.3, -0.25) is 18.9 Å². The highest BCUT2D eigenvalue weighted by Crippen LogP contribution is 2.52. The lowest BCUT2D eigenvalue weighted by molar-refractivity contribution is -0.142. The predicted octanol–water partition coefficient (Wildman–Crippen LogP) is -0.412. The van der Waals surface area contributed by atoms with E-state index in [-0.39, 0.29) is 26.4 Å². The van der Waals surface area contributed by atoms with Gasteiger partial charge in [0.25, 0.3) is 5.56 Å². The van der Waals surface area contributed by atoms with Crippen LogP contribution in [-0.4, -0.2) is 143 Å². The Kier molecular flexibility index (Phi) is 16.5. The van der Waals surface area contributed by atoms with E-state index in [1.807, 2.05) is 4.98 Å². The molecule has 2 rings (SSSR count). The van der Waals surface area contributed by atoms with Crippen molar-refractivity contribution in [1.29, 1.82) is 0 Å². The van der Waals surface area contributed by atoms with Crippen LogP contribution in [0, 0.1) is 0 Å². The van der Waals surface area contributed by atoms with Gasteiger partial charge in [-0.05, 0) is 6.92 Å². The number of phosphoric ester groups is 1. The van der Waals surface area contributed by atoms with Gasteiger partial charge >= 0.3 is 25.8 Å². The highest BCUT2D eigenvalue weighted by molar-refractivity contribution is 7.48. The molecule has 1 aliphatic rings. The van der Waals surface area contributed by atoms with Crippen LogP contribution < -0.4 is 11.2 Å². The number of halogens is 1. The Balaban J connectivity index is 2.21.